The Bertz CT molecular complexity index is 3150. The van der Waals surface area contributed by atoms with E-state index in [4.69, 9.17) is 18.1 Å². The van der Waals surface area contributed by atoms with Crippen LogP contribution < -0.4 is 9.05 Å². The van der Waals surface area contributed by atoms with Crippen LogP contribution in [0.2, 0.25) is 0 Å². The summed E-state index contributed by atoms with van der Waals surface area (Å²) in [6.45, 7) is 3.98. The fourth-order valence-electron chi connectivity index (χ4n) is 15.0. The lowest BCUT2D eigenvalue weighted by molar-refractivity contribution is 0.191. The lowest BCUT2D eigenvalue weighted by Gasteiger charge is -2.33. The van der Waals surface area contributed by atoms with E-state index >= 15 is 0 Å². The molecule has 10 unspecified atom stereocenters. The van der Waals surface area contributed by atoms with E-state index in [1.54, 1.807) is 0 Å². The smallest absolute Gasteiger partial charge is 0.403 e. The van der Waals surface area contributed by atoms with Gasteiger partial charge in [0.05, 0.1) is 13.2 Å². The first-order valence-electron chi connectivity index (χ1n) is 25.3. The molecule has 0 radical (unpaired) electrons. The van der Waals surface area contributed by atoms with Gasteiger partial charge in [0, 0.05) is 69.6 Å². The summed E-state index contributed by atoms with van der Waals surface area (Å²) in [7, 11) is -9.54. The molecule has 0 fully saturated rings. The van der Waals surface area contributed by atoms with Gasteiger partial charge in [0.1, 0.15) is 11.5 Å². The molecule has 0 amide bonds. The normalized spacial score (nSPS) is 25.9. The van der Waals surface area contributed by atoms with Crippen LogP contribution in [0.1, 0.15) is 198 Å². The summed E-state index contributed by atoms with van der Waals surface area (Å²) in [5.41, 5.74) is 22.7. The molecule has 70 heavy (non-hydrogen) atoms. The van der Waals surface area contributed by atoms with Crippen molar-refractivity contribution in [3.8, 4) is 11.5 Å². The Morgan fingerprint density at radius 1 is 0.386 bits per heavy atom. The van der Waals surface area contributed by atoms with Crippen molar-refractivity contribution in [2.45, 2.75) is 113 Å². The predicted molar refractivity (Wildman–Crippen MR) is 268 cm³/mol. The quantitative estimate of drug-likeness (QED) is 0.117. The molecule has 0 heterocycles. The first-order chi connectivity index (χ1) is 34.0. The molecule has 7 aromatic rings. The molecule has 0 spiro atoms. The van der Waals surface area contributed by atoms with Crippen molar-refractivity contribution in [3.63, 3.8) is 0 Å². The van der Waals surface area contributed by atoms with Gasteiger partial charge >= 0.3 is 15.6 Å². The van der Waals surface area contributed by atoms with Crippen molar-refractivity contribution in [2.75, 3.05) is 0 Å². The van der Waals surface area contributed by atoms with Gasteiger partial charge < -0.3 is 9.05 Å². The van der Waals surface area contributed by atoms with E-state index in [1.165, 1.54) is 77.9 Å². The second kappa shape index (κ2) is 15.0. The molecule has 0 aliphatic heterocycles. The molecule has 0 saturated carbocycles. The van der Waals surface area contributed by atoms with Crippen molar-refractivity contribution in [1.29, 1.82) is 0 Å². The van der Waals surface area contributed by atoms with Gasteiger partial charge in [0.15, 0.2) is 0 Å². The zero-order valence-corrected chi connectivity index (χ0v) is 40.8. The number of rotatable bonds is 12. The van der Waals surface area contributed by atoms with Crippen molar-refractivity contribution >= 4 is 15.6 Å². The summed E-state index contributed by atoms with van der Waals surface area (Å²) in [5, 5.41) is 0. The molecular formula is C60H52O8P2. The third kappa shape index (κ3) is 5.99. The molecule has 7 aromatic carbocycles. The molecule has 8 nitrogen and oxygen atoms in total. The first-order valence-corrected chi connectivity index (χ1v) is 28.3. The molecule has 15 rings (SSSR count). The fraction of sp³-hybridized carbons (Fsp3) is 0.300. The largest absolute Gasteiger partial charge is 0.527 e. The average Bonchev–Trinajstić information content (AvgIpc) is 4.28. The molecule has 2 N–H and O–H groups in total. The standard InChI is InChI=1S/C60H52O8P2/c1-3-31-13-17-33(18-14-31)29-65-69(61,62)67-59-55-51-27-53(49-25-45-41-21-39(43(45)23-47(49)51)35-9-5-7-11-37(35)41)57(55)60(68-70(63,64)66-30-34-19-15-32(4-2)16-20-34)58-54-28-52(56(58)59)48-24-44-40-22-42(46(44)26-50(48)54)38-12-8-6-10-36(38)40/h5-20,23-26,39-42,51-54H,3-4,21-22,27-30H2,1-2H3,(H,61,62)(H,63,64). The number of aryl methyl sites for hydroxylation is 2. The summed E-state index contributed by atoms with van der Waals surface area (Å²) in [5.74, 6) is 1.18. The van der Waals surface area contributed by atoms with Gasteiger partial charge in [-0.15, -0.1) is 0 Å². The van der Waals surface area contributed by atoms with Gasteiger partial charge in [-0.25, -0.2) is 9.13 Å². The predicted octanol–water partition coefficient (Wildman–Crippen LogP) is 14.1. The lowest BCUT2D eigenvalue weighted by atomic mass is 9.74. The minimum atomic E-state index is -4.77. The summed E-state index contributed by atoms with van der Waals surface area (Å²) in [4.78, 5) is 23.9. The topological polar surface area (TPSA) is 112 Å². The molecule has 8 aliphatic rings. The van der Waals surface area contributed by atoms with Crippen LogP contribution in [0.15, 0.2) is 121 Å². The molecule has 0 saturated heterocycles. The molecule has 8 aliphatic carbocycles. The van der Waals surface area contributed by atoms with Gasteiger partial charge in [-0.3, -0.25) is 18.8 Å². The highest BCUT2D eigenvalue weighted by Gasteiger charge is 2.56. The van der Waals surface area contributed by atoms with Crippen LogP contribution >= 0.6 is 15.6 Å². The number of hydrogen-bond acceptors (Lipinski definition) is 6. The third-order valence-electron chi connectivity index (χ3n) is 18.0. The Balaban J connectivity index is 0.898. The Morgan fingerprint density at radius 3 is 0.929 bits per heavy atom. The highest BCUT2D eigenvalue weighted by molar-refractivity contribution is 7.48. The van der Waals surface area contributed by atoms with Crippen LogP contribution in [0.3, 0.4) is 0 Å². The third-order valence-corrected chi connectivity index (χ3v) is 19.7. The van der Waals surface area contributed by atoms with Crippen LogP contribution in [0.4, 0.5) is 0 Å². The Hall–Kier alpha value is -5.56. The Labute approximate surface area is 407 Å². The summed E-state index contributed by atoms with van der Waals surface area (Å²) < 4.78 is 54.4. The van der Waals surface area contributed by atoms with Gasteiger partial charge in [-0.1, -0.05) is 135 Å². The lowest BCUT2D eigenvalue weighted by Crippen LogP contribution is -2.17. The summed E-state index contributed by atoms with van der Waals surface area (Å²) in [6, 6.07) is 43.0. The van der Waals surface area contributed by atoms with Crippen molar-refractivity contribution in [2.24, 2.45) is 0 Å². The van der Waals surface area contributed by atoms with Crippen LogP contribution in [0, 0.1) is 0 Å². The number of fused-ring (bicyclic) bond motifs is 32. The minimum Gasteiger partial charge on any atom is -0.403 e. The average molecular weight is 963 g/mol. The number of hydrogen-bond donors (Lipinski definition) is 2. The zero-order valence-electron chi connectivity index (χ0n) is 39.1. The zero-order chi connectivity index (χ0) is 46.9. The highest BCUT2D eigenvalue weighted by Crippen LogP contribution is 2.73. The van der Waals surface area contributed by atoms with Crippen LogP contribution in [0.25, 0.3) is 0 Å². The summed E-state index contributed by atoms with van der Waals surface area (Å²) in [6.07, 6.45) is 5.24. The molecule has 0 aromatic heterocycles. The molecule has 350 valence electrons. The van der Waals surface area contributed by atoms with Crippen LogP contribution in [-0.2, 0) is 44.2 Å². The maximum atomic E-state index is 14.6. The number of phosphoric acid groups is 2. The second-order valence-corrected chi connectivity index (χ2v) is 23.9. The molecule has 10 atom stereocenters. The highest BCUT2D eigenvalue weighted by atomic mass is 31.2. The maximum absolute atomic E-state index is 14.6. The molecule has 8 bridgehead atoms. The Morgan fingerprint density at radius 2 is 0.643 bits per heavy atom. The Kier molecular flexibility index (Phi) is 9.03. The fourth-order valence-corrected chi connectivity index (χ4v) is 16.6. The van der Waals surface area contributed by atoms with Gasteiger partial charge in [-0.2, -0.15) is 0 Å². The van der Waals surface area contributed by atoms with Crippen molar-refractivity contribution < 1.29 is 37.0 Å². The second-order valence-electron chi connectivity index (χ2n) is 21.2. The van der Waals surface area contributed by atoms with E-state index in [2.05, 4.69) is 86.6 Å². The van der Waals surface area contributed by atoms with Crippen molar-refractivity contribution in [1.82, 2.24) is 0 Å². The first kappa shape index (κ1) is 42.2. The van der Waals surface area contributed by atoms with E-state index in [-0.39, 0.29) is 36.9 Å². The van der Waals surface area contributed by atoms with E-state index < -0.39 is 15.6 Å². The monoisotopic (exact) mass is 962 g/mol. The van der Waals surface area contributed by atoms with Gasteiger partial charge in [0.25, 0.3) is 0 Å². The molecular weight excluding hydrogens is 911 g/mol. The van der Waals surface area contributed by atoms with Gasteiger partial charge in [-0.05, 0) is 128 Å². The van der Waals surface area contributed by atoms with Crippen LogP contribution in [0.5, 0.6) is 11.5 Å². The van der Waals surface area contributed by atoms with Gasteiger partial charge in [0.2, 0.25) is 0 Å². The van der Waals surface area contributed by atoms with E-state index in [0.29, 0.717) is 48.0 Å². The van der Waals surface area contributed by atoms with E-state index in [0.717, 1.165) is 59.1 Å². The van der Waals surface area contributed by atoms with Crippen LogP contribution in [-0.4, -0.2) is 9.79 Å². The minimum absolute atomic E-state index is 0.105. The van der Waals surface area contributed by atoms with E-state index in [1.807, 2.05) is 48.5 Å². The van der Waals surface area contributed by atoms with E-state index in [9.17, 15) is 18.9 Å². The number of benzene rings is 7. The SMILES string of the molecule is CCc1ccc(COP(=O)(O)Oc2c3c(c(OP(=O)(O)OCc4ccc(CC)cc4)c4c2C2CC4c4cc5c(cc42)C2CC5c4ccccc42)C2CC3c3cc4c(cc32)C2CC4c3ccccc32)cc1. The summed E-state index contributed by atoms with van der Waals surface area (Å²) >= 11 is 0. The molecule has 10 heteroatoms. The number of phosphoric ester groups is 2. The van der Waals surface area contributed by atoms with Crippen molar-refractivity contribution in [3.05, 3.63) is 233 Å². The maximum Gasteiger partial charge on any atom is 0.527 e.